The number of rotatable bonds is 6. The van der Waals surface area contributed by atoms with E-state index in [0.29, 0.717) is 25.8 Å². The summed E-state index contributed by atoms with van der Waals surface area (Å²) in [5.41, 5.74) is 11.8. The van der Waals surface area contributed by atoms with Crippen LogP contribution in [0.5, 0.6) is 0 Å². The Bertz CT molecular complexity index is 2280. The van der Waals surface area contributed by atoms with Crippen LogP contribution in [0.3, 0.4) is 0 Å². The molecule has 0 spiro atoms. The zero-order valence-corrected chi connectivity index (χ0v) is 37.5. The number of nitrogens with one attached hydrogen (secondary N) is 2. The molecule has 2 aromatic carbocycles. The van der Waals surface area contributed by atoms with E-state index in [-0.39, 0.29) is 24.9 Å². The highest BCUT2D eigenvalue weighted by Crippen LogP contribution is 2.43. The van der Waals surface area contributed by atoms with E-state index in [9.17, 15) is 14.4 Å². The van der Waals surface area contributed by atoms with Crippen molar-refractivity contribution in [3.8, 4) is 22.4 Å². The van der Waals surface area contributed by atoms with Crippen molar-refractivity contribution in [3.05, 3.63) is 71.5 Å². The number of cyclic esters (lactones) is 1. The second kappa shape index (κ2) is 17.1. The highest BCUT2D eigenvalue weighted by atomic mass is 16.6. The van der Waals surface area contributed by atoms with Crippen molar-refractivity contribution in [2.24, 2.45) is 5.41 Å². The molecule has 12 heteroatoms. The van der Waals surface area contributed by atoms with Gasteiger partial charge in [0.25, 0.3) is 5.91 Å². The fourth-order valence-corrected chi connectivity index (χ4v) is 9.45. The SMILES string of the molecule is CCn1c(-c2cc(N3CCN(C4CC4)CC3)cnc2C(C)C)c2c3cc(ccc31)-c1cccc(c1)C[C@H](NC(=O)OC(C)(C)C)C(=O)N1CCC[C@H](N1)C(=O)OCC(C)(C)C2. The monoisotopic (exact) mass is 832 g/mol. The van der Waals surface area contributed by atoms with E-state index in [2.05, 4.69) is 102 Å². The number of carbonyl (C=O) groups excluding carboxylic acids is 3. The number of anilines is 1. The topological polar surface area (TPSA) is 121 Å². The van der Waals surface area contributed by atoms with Crippen LogP contribution in [-0.4, -0.2) is 100 Å². The summed E-state index contributed by atoms with van der Waals surface area (Å²) in [6.07, 6.45) is 6.08. The lowest BCUT2D eigenvalue weighted by molar-refractivity contribution is -0.155. The molecule has 0 unspecified atom stereocenters. The molecular formula is C49H65N7O5. The van der Waals surface area contributed by atoms with E-state index in [1.165, 1.54) is 29.1 Å². The largest absolute Gasteiger partial charge is 0.464 e. The number of alkyl carbamates (subject to hydrolysis) is 1. The molecule has 6 bridgehead atoms. The van der Waals surface area contributed by atoms with E-state index in [4.69, 9.17) is 14.5 Å². The van der Waals surface area contributed by atoms with Crippen LogP contribution in [0.2, 0.25) is 0 Å². The molecule has 61 heavy (non-hydrogen) atoms. The van der Waals surface area contributed by atoms with Gasteiger partial charge in [-0.25, -0.2) is 10.2 Å². The highest BCUT2D eigenvalue weighted by Gasteiger charge is 2.36. The van der Waals surface area contributed by atoms with Crippen molar-refractivity contribution in [2.45, 2.75) is 130 Å². The molecule has 4 aromatic rings. The molecule has 8 rings (SSSR count). The third-order valence-electron chi connectivity index (χ3n) is 12.6. The van der Waals surface area contributed by atoms with Crippen molar-refractivity contribution in [3.63, 3.8) is 0 Å². The number of nitrogens with zero attached hydrogens (tertiary/aromatic N) is 5. The van der Waals surface area contributed by atoms with E-state index >= 15 is 0 Å². The number of piperazine rings is 1. The summed E-state index contributed by atoms with van der Waals surface area (Å²) in [6, 6.07) is 16.4. The molecule has 1 saturated carbocycles. The number of hydrogen-bond acceptors (Lipinski definition) is 9. The maximum Gasteiger partial charge on any atom is 0.408 e. The van der Waals surface area contributed by atoms with E-state index in [0.717, 1.165) is 83.3 Å². The smallest absolute Gasteiger partial charge is 0.408 e. The quantitative estimate of drug-likeness (QED) is 0.187. The summed E-state index contributed by atoms with van der Waals surface area (Å²) in [7, 11) is 0. The second-order valence-corrected chi connectivity index (χ2v) is 19.7. The van der Waals surface area contributed by atoms with Crippen molar-refractivity contribution >= 4 is 34.6 Å². The normalized spacial score (nSPS) is 21.7. The van der Waals surface area contributed by atoms with Crippen LogP contribution in [0.4, 0.5) is 10.5 Å². The van der Waals surface area contributed by atoms with Gasteiger partial charge in [-0.2, -0.15) is 0 Å². The molecule has 326 valence electrons. The van der Waals surface area contributed by atoms with Crippen molar-refractivity contribution < 1.29 is 23.9 Å². The predicted molar refractivity (Wildman–Crippen MR) is 240 cm³/mol. The van der Waals surface area contributed by atoms with Crippen LogP contribution in [0.1, 0.15) is 104 Å². The third-order valence-corrected chi connectivity index (χ3v) is 12.6. The molecule has 2 atom stereocenters. The first-order valence-corrected chi connectivity index (χ1v) is 22.5. The molecule has 2 aromatic heterocycles. The molecule has 3 aliphatic heterocycles. The van der Waals surface area contributed by atoms with Crippen molar-refractivity contribution in [2.75, 3.05) is 44.2 Å². The lowest BCUT2D eigenvalue weighted by atomic mass is 9.83. The number of carbonyl (C=O) groups is 3. The summed E-state index contributed by atoms with van der Waals surface area (Å²) in [4.78, 5) is 51.6. The summed E-state index contributed by atoms with van der Waals surface area (Å²) in [5, 5.41) is 5.48. The van der Waals surface area contributed by atoms with Crippen LogP contribution in [0.15, 0.2) is 54.7 Å². The lowest BCUT2D eigenvalue weighted by Gasteiger charge is -2.36. The number of hydrogen-bond donors (Lipinski definition) is 2. The van der Waals surface area contributed by atoms with E-state index in [1.807, 2.05) is 12.1 Å². The molecule has 2 amide bonds. The van der Waals surface area contributed by atoms with Crippen molar-refractivity contribution in [1.82, 2.24) is 30.2 Å². The molecule has 4 aliphatic rings. The van der Waals surface area contributed by atoms with Gasteiger partial charge in [-0.3, -0.25) is 24.5 Å². The Morgan fingerprint density at radius 3 is 2.46 bits per heavy atom. The van der Waals surface area contributed by atoms with Crippen LogP contribution in [0, 0.1) is 5.41 Å². The molecule has 5 heterocycles. The number of aryl methyl sites for hydroxylation is 1. The number of pyridine rings is 1. The maximum atomic E-state index is 14.2. The molecular weight excluding hydrogens is 767 g/mol. The zero-order valence-electron chi connectivity index (χ0n) is 37.5. The molecule has 0 radical (unpaired) electrons. The van der Waals surface area contributed by atoms with Crippen LogP contribution in [-0.2, 0) is 38.4 Å². The van der Waals surface area contributed by atoms with Gasteiger partial charge in [0.05, 0.1) is 29.9 Å². The Hall–Kier alpha value is -4.94. The van der Waals surface area contributed by atoms with Crippen LogP contribution < -0.4 is 15.6 Å². The zero-order chi connectivity index (χ0) is 43.2. The average molecular weight is 832 g/mol. The van der Waals surface area contributed by atoms with E-state index in [1.54, 1.807) is 20.8 Å². The van der Waals surface area contributed by atoms with Gasteiger partial charge in [0.15, 0.2) is 0 Å². The number of hydrazine groups is 1. The first kappa shape index (κ1) is 42.7. The number of esters is 1. The Morgan fingerprint density at radius 2 is 1.75 bits per heavy atom. The standard InChI is InChI=1S/C49H65N7O5/c1-9-55-42-18-15-34-26-37(42)39(44(55)38-27-36(29-50-43(38)31(2)3)54-22-20-53(21-23-54)35-16-17-35)28-49(7,8)30-60-46(58)40-14-11-19-56(52-40)45(57)41(51-47(59)61-48(4,5)6)25-32-12-10-13-33(34)24-32/h10,12-13,15,18,24,26-27,29,31,35,40-41,52H,9,11,14,16-17,19-23,25,28,30H2,1-8H3,(H,51,59)/t40-,41-/m0/s1. The first-order chi connectivity index (χ1) is 29.1. The average Bonchev–Trinajstić information content (AvgIpc) is 4.04. The minimum Gasteiger partial charge on any atom is -0.464 e. The molecule has 12 nitrogen and oxygen atoms in total. The van der Waals surface area contributed by atoms with Gasteiger partial charge in [0, 0.05) is 73.6 Å². The van der Waals surface area contributed by atoms with Gasteiger partial charge in [-0.15, -0.1) is 0 Å². The summed E-state index contributed by atoms with van der Waals surface area (Å²) in [5.74, 6) is -0.536. The van der Waals surface area contributed by atoms with Crippen LogP contribution >= 0.6 is 0 Å². The minimum absolute atomic E-state index is 0.195. The summed E-state index contributed by atoms with van der Waals surface area (Å²) in [6.45, 7) is 21.9. The van der Waals surface area contributed by atoms with Gasteiger partial charge in [0.2, 0.25) is 0 Å². The van der Waals surface area contributed by atoms with Crippen LogP contribution in [0.25, 0.3) is 33.3 Å². The third kappa shape index (κ3) is 9.45. The fourth-order valence-electron chi connectivity index (χ4n) is 9.45. The Morgan fingerprint density at radius 1 is 1.00 bits per heavy atom. The van der Waals surface area contributed by atoms with Gasteiger partial charge < -0.3 is 24.3 Å². The molecule has 2 saturated heterocycles. The Labute approximate surface area is 361 Å². The minimum atomic E-state index is -0.943. The van der Waals surface area contributed by atoms with Gasteiger partial charge in [-0.05, 0) is 106 Å². The molecule has 3 fully saturated rings. The number of fused-ring (bicyclic) bond motifs is 6. The second-order valence-electron chi connectivity index (χ2n) is 19.7. The van der Waals surface area contributed by atoms with E-state index < -0.39 is 35.2 Å². The number of benzene rings is 2. The Kier molecular flexibility index (Phi) is 12.0. The molecule has 2 N–H and O–H groups in total. The maximum absolute atomic E-state index is 14.2. The predicted octanol–water partition coefficient (Wildman–Crippen LogP) is 7.85. The summed E-state index contributed by atoms with van der Waals surface area (Å²) >= 11 is 0. The molecule has 1 aliphatic carbocycles. The number of amides is 2. The van der Waals surface area contributed by atoms with Crippen molar-refractivity contribution in [1.29, 1.82) is 0 Å². The van der Waals surface area contributed by atoms with Gasteiger partial charge in [-0.1, -0.05) is 58.0 Å². The lowest BCUT2D eigenvalue weighted by Crippen LogP contribution is -2.60. The van der Waals surface area contributed by atoms with Gasteiger partial charge >= 0.3 is 12.1 Å². The Balaban J connectivity index is 1.25. The fraction of sp³-hybridized carbons (Fsp3) is 0.551. The summed E-state index contributed by atoms with van der Waals surface area (Å²) < 4.78 is 14.2. The first-order valence-electron chi connectivity index (χ1n) is 22.5. The highest BCUT2D eigenvalue weighted by molar-refractivity contribution is 5.96. The van der Waals surface area contributed by atoms with Gasteiger partial charge in [0.1, 0.15) is 17.7 Å². The number of ether oxygens (including phenoxy) is 2. The number of aromatic nitrogens is 2.